The maximum absolute atomic E-state index is 13.8. The van der Waals surface area contributed by atoms with Crippen LogP contribution >= 0.6 is 0 Å². The van der Waals surface area contributed by atoms with Crippen molar-refractivity contribution in [2.24, 2.45) is 0 Å². The Labute approximate surface area is 152 Å². The van der Waals surface area contributed by atoms with Crippen molar-refractivity contribution in [1.82, 2.24) is 0 Å². The van der Waals surface area contributed by atoms with Crippen LogP contribution in [-0.4, -0.2) is 48.0 Å². The fraction of sp³-hybridized carbons (Fsp3) is 0.571. The molecule has 0 bridgehead atoms. The van der Waals surface area contributed by atoms with Crippen LogP contribution in [0.3, 0.4) is 0 Å². The van der Waals surface area contributed by atoms with Crippen LogP contribution < -0.4 is 4.74 Å². The summed E-state index contributed by atoms with van der Waals surface area (Å²) in [4.78, 5) is 0. The van der Waals surface area contributed by atoms with Gasteiger partial charge in [0, 0.05) is 0 Å². The molecule has 1 aromatic rings. The van der Waals surface area contributed by atoms with Crippen molar-refractivity contribution < 1.29 is 66.9 Å². The van der Waals surface area contributed by atoms with E-state index < -0.39 is 53.2 Å². The van der Waals surface area contributed by atoms with E-state index in [-0.39, 0.29) is 0 Å². The summed E-state index contributed by atoms with van der Waals surface area (Å²) in [5.74, 6) is -38.4. The molecule has 1 unspecified atom stereocenters. The van der Waals surface area contributed by atoms with Gasteiger partial charge in [0.25, 0.3) is 0 Å². The Morgan fingerprint density at radius 1 is 0.724 bits per heavy atom. The van der Waals surface area contributed by atoms with E-state index in [9.17, 15) is 62.2 Å². The van der Waals surface area contributed by atoms with Gasteiger partial charge in [-0.15, -0.1) is 0 Å². The van der Waals surface area contributed by atoms with Crippen molar-refractivity contribution in [1.29, 1.82) is 0 Å². The van der Waals surface area contributed by atoms with E-state index in [1.165, 1.54) is 0 Å². The third kappa shape index (κ3) is 3.57. The van der Waals surface area contributed by atoms with Crippen LogP contribution in [0, 0.1) is 0 Å². The summed E-state index contributed by atoms with van der Waals surface area (Å²) < 4.78 is 174. The molecular weight excluding hydrogens is 447 g/mol. The van der Waals surface area contributed by atoms with Gasteiger partial charge in [-0.1, -0.05) is 12.1 Å². The van der Waals surface area contributed by atoms with Crippen LogP contribution in [0.4, 0.5) is 57.1 Å². The quantitative estimate of drug-likeness (QED) is 0.552. The van der Waals surface area contributed by atoms with Gasteiger partial charge in [0.15, 0.2) is 0 Å². The minimum atomic E-state index is -8.01. The molecule has 2 nitrogen and oxygen atoms in total. The molecule has 0 fully saturated rings. The summed E-state index contributed by atoms with van der Waals surface area (Å²) in [5, 5.41) is 9.32. The fourth-order valence-corrected chi connectivity index (χ4v) is 1.97. The van der Waals surface area contributed by atoms with E-state index in [0.717, 1.165) is 19.2 Å². The minimum absolute atomic E-state index is 0.384. The Kier molecular flexibility index (Phi) is 6.14. The van der Waals surface area contributed by atoms with E-state index in [4.69, 9.17) is 0 Å². The number of halogens is 13. The van der Waals surface area contributed by atoms with E-state index in [0.29, 0.717) is 12.1 Å². The first-order chi connectivity index (χ1) is 12.7. The zero-order chi connectivity index (χ0) is 23.3. The summed E-state index contributed by atoms with van der Waals surface area (Å²) in [6.45, 7) is 0. The maximum atomic E-state index is 13.8. The lowest BCUT2D eigenvalue weighted by molar-refractivity contribution is -0.444. The molecular formula is C14H9F13O2. The number of rotatable bonds is 7. The van der Waals surface area contributed by atoms with E-state index in [1.807, 2.05) is 0 Å². The third-order valence-electron chi connectivity index (χ3n) is 3.71. The Morgan fingerprint density at radius 2 is 1.17 bits per heavy atom. The highest BCUT2D eigenvalue weighted by molar-refractivity contribution is 5.31. The Morgan fingerprint density at radius 3 is 1.59 bits per heavy atom. The average Bonchev–Trinajstić information content (AvgIpc) is 2.59. The molecule has 1 atom stereocenters. The molecule has 1 aromatic carbocycles. The van der Waals surface area contributed by atoms with Crippen LogP contribution in [0.5, 0.6) is 5.75 Å². The Bertz CT molecular complexity index is 726. The molecule has 0 spiro atoms. The van der Waals surface area contributed by atoms with E-state index >= 15 is 0 Å². The van der Waals surface area contributed by atoms with Gasteiger partial charge in [0.1, 0.15) is 11.9 Å². The van der Waals surface area contributed by atoms with Crippen molar-refractivity contribution >= 4 is 0 Å². The van der Waals surface area contributed by atoms with Crippen molar-refractivity contribution in [3.63, 3.8) is 0 Å². The van der Waals surface area contributed by atoms with Crippen molar-refractivity contribution in [3.05, 3.63) is 29.8 Å². The third-order valence-corrected chi connectivity index (χ3v) is 3.71. The van der Waals surface area contributed by atoms with Gasteiger partial charge in [-0.05, 0) is 17.7 Å². The highest BCUT2D eigenvalue weighted by Crippen LogP contribution is 2.61. The Hall–Kier alpha value is -1.93. The van der Waals surface area contributed by atoms with E-state index in [1.54, 1.807) is 0 Å². The van der Waals surface area contributed by atoms with Gasteiger partial charge in [-0.25, -0.2) is 0 Å². The van der Waals surface area contributed by atoms with Crippen LogP contribution in [0.2, 0.25) is 0 Å². The number of hydrogen-bond acceptors (Lipinski definition) is 2. The second-order valence-electron chi connectivity index (χ2n) is 5.60. The average molecular weight is 456 g/mol. The first-order valence-corrected chi connectivity index (χ1v) is 6.98. The second-order valence-corrected chi connectivity index (χ2v) is 5.60. The fourth-order valence-electron chi connectivity index (χ4n) is 1.97. The lowest BCUT2D eigenvalue weighted by atomic mass is 9.89. The molecule has 0 saturated heterocycles. The molecule has 0 aliphatic heterocycles. The zero-order valence-electron chi connectivity index (χ0n) is 13.7. The molecule has 0 amide bonds. The summed E-state index contributed by atoms with van der Waals surface area (Å²) in [6, 6.07) is 2.59. The molecule has 15 heteroatoms. The van der Waals surface area contributed by atoms with Gasteiger partial charge < -0.3 is 9.84 Å². The lowest BCUT2D eigenvalue weighted by Crippen LogP contribution is -2.70. The molecule has 0 aromatic heterocycles. The predicted octanol–water partition coefficient (Wildman–Crippen LogP) is 5.47. The van der Waals surface area contributed by atoms with Crippen LogP contribution in [-0.2, 0) is 0 Å². The number of benzene rings is 1. The number of ether oxygens (including phenoxy) is 1. The van der Waals surface area contributed by atoms with Crippen LogP contribution in [0.1, 0.15) is 11.7 Å². The van der Waals surface area contributed by atoms with Gasteiger partial charge >= 0.3 is 35.8 Å². The first-order valence-electron chi connectivity index (χ1n) is 6.98. The van der Waals surface area contributed by atoms with Gasteiger partial charge in [0.2, 0.25) is 0 Å². The minimum Gasteiger partial charge on any atom is -0.497 e. The number of hydrogen-bond donors (Lipinski definition) is 1. The highest BCUT2D eigenvalue weighted by Gasteiger charge is 2.91. The summed E-state index contributed by atoms with van der Waals surface area (Å²) in [5.41, 5.74) is -1.31. The van der Waals surface area contributed by atoms with Gasteiger partial charge in [0.05, 0.1) is 7.11 Å². The number of aliphatic hydroxyl groups is 1. The molecule has 168 valence electrons. The highest BCUT2D eigenvalue weighted by atomic mass is 19.4. The summed E-state index contributed by atoms with van der Waals surface area (Å²) in [7, 11) is 0.923. The van der Waals surface area contributed by atoms with Crippen molar-refractivity contribution in [3.8, 4) is 5.75 Å². The first kappa shape index (κ1) is 25.1. The van der Waals surface area contributed by atoms with Crippen molar-refractivity contribution in [2.75, 3.05) is 7.11 Å². The molecule has 0 aliphatic carbocycles. The molecule has 0 aliphatic rings. The van der Waals surface area contributed by atoms with Gasteiger partial charge in [-0.2, -0.15) is 57.1 Å². The molecule has 0 saturated carbocycles. The summed E-state index contributed by atoms with van der Waals surface area (Å²) >= 11 is 0. The largest absolute Gasteiger partial charge is 0.497 e. The van der Waals surface area contributed by atoms with Crippen LogP contribution in [0.15, 0.2) is 24.3 Å². The smallest absolute Gasteiger partial charge is 0.460 e. The van der Waals surface area contributed by atoms with Crippen molar-refractivity contribution in [2.45, 2.75) is 41.9 Å². The molecule has 1 N–H and O–H groups in total. The van der Waals surface area contributed by atoms with Crippen LogP contribution in [0.25, 0.3) is 0 Å². The molecule has 0 radical (unpaired) electrons. The number of aliphatic hydroxyl groups excluding tert-OH is 1. The monoisotopic (exact) mass is 456 g/mol. The SMILES string of the molecule is COc1cccc(C(O)C(F)(F)C(F)(F)C(F)(F)C(F)(F)C(F)(F)C(F)(F)F)c1. The second kappa shape index (κ2) is 7.09. The normalized spacial score (nSPS) is 16.0. The molecule has 29 heavy (non-hydrogen) atoms. The van der Waals surface area contributed by atoms with E-state index in [2.05, 4.69) is 4.74 Å². The Balaban J connectivity index is 3.52. The summed E-state index contributed by atoms with van der Waals surface area (Å²) in [6.07, 6.45) is -11.5. The predicted molar refractivity (Wildman–Crippen MR) is 68.7 cm³/mol. The molecule has 1 rings (SSSR count). The van der Waals surface area contributed by atoms with Gasteiger partial charge in [-0.3, -0.25) is 0 Å². The number of alkyl halides is 13. The maximum Gasteiger partial charge on any atom is 0.460 e. The zero-order valence-corrected chi connectivity index (χ0v) is 13.7. The number of methoxy groups -OCH3 is 1. The lowest BCUT2D eigenvalue weighted by Gasteiger charge is -2.40. The molecule has 0 heterocycles. The standard InChI is InChI=1S/C14H9F13O2/c1-29-7-4-2-3-6(5-7)8(28)9(15,16)10(17,18)11(19,20)12(21,22)13(23,24)14(25,26)27/h2-5,8,28H,1H3. The topological polar surface area (TPSA) is 29.5 Å².